The molecule has 1 radical (unpaired) electrons. The van der Waals surface area contributed by atoms with E-state index in [0.29, 0.717) is 0 Å². The molecule has 0 fully saturated rings. The number of fused-ring (bicyclic) bond motifs is 4. The molecule has 2 heterocycles. The molecule has 5 aromatic rings. The number of allylic oxidation sites excluding steroid dienone is 2. The topological polar surface area (TPSA) is 50.2 Å². The number of rotatable bonds is 9. The predicted molar refractivity (Wildman–Crippen MR) is 209 cm³/mol. The molecule has 2 aromatic heterocycles. The van der Waals surface area contributed by atoms with Crippen molar-refractivity contribution < 1.29 is 30.0 Å². The first-order chi connectivity index (χ1) is 22.2. The summed E-state index contributed by atoms with van der Waals surface area (Å²) in [5.74, 6) is 0.547. The quantitative estimate of drug-likeness (QED) is 0.0695. The first-order valence-electron chi connectivity index (χ1n) is 17.4. The van der Waals surface area contributed by atoms with E-state index in [9.17, 15) is 9.90 Å². The zero-order chi connectivity index (χ0) is 34.7. The van der Waals surface area contributed by atoms with Crippen molar-refractivity contribution in [3.8, 4) is 11.3 Å². The van der Waals surface area contributed by atoms with Gasteiger partial charge in [-0.15, -0.1) is 40.5 Å². The van der Waals surface area contributed by atoms with E-state index in [1.54, 1.807) is 5.19 Å². The molecule has 5 rings (SSSR count). The van der Waals surface area contributed by atoms with Gasteiger partial charge in [-0.3, -0.25) is 9.78 Å². The number of nitrogens with zero attached hydrogens (tertiary/aromatic N) is 1. The summed E-state index contributed by atoms with van der Waals surface area (Å²) in [7, 11) is -1.40. The fraction of sp³-hybridized carbons (Fsp3) is 0.429. The van der Waals surface area contributed by atoms with Crippen molar-refractivity contribution in [2.45, 2.75) is 106 Å². The molecule has 0 bridgehead atoms. The molecule has 0 unspecified atom stereocenters. The number of aryl methyl sites for hydroxylation is 1. The van der Waals surface area contributed by atoms with Gasteiger partial charge in [0.1, 0.15) is 0 Å². The van der Waals surface area contributed by atoms with Gasteiger partial charge in [-0.25, -0.2) is 0 Å². The average Bonchev–Trinajstić information content (AvgIpc) is 3.41. The molecule has 0 saturated carbocycles. The third-order valence-electron chi connectivity index (χ3n) is 9.53. The summed E-state index contributed by atoms with van der Waals surface area (Å²) >= 11 is 1.90. The van der Waals surface area contributed by atoms with Gasteiger partial charge in [-0.2, -0.15) is 0 Å². The van der Waals surface area contributed by atoms with Crippen LogP contribution in [0.1, 0.15) is 85.3 Å². The summed E-state index contributed by atoms with van der Waals surface area (Å²) in [5, 5.41) is 16.4. The van der Waals surface area contributed by atoms with Gasteiger partial charge in [-0.1, -0.05) is 115 Å². The summed E-state index contributed by atoms with van der Waals surface area (Å²) in [6, 6.07) is 21.5. The molecule has 0 saturated heterocycles. The SMILES string of the molecule is CCC(CC)C(=O)/C=C(\O)C(CC)CC.Cc1c([Si](C)(C)C)ccc2c1sc1c(-c3[c-]c4ccccc4c(C(C)(C)C)c3)nccc12.[Ir]. The zero-order valence-electron chi connectivity index (χ0n) is 30.8. The van der Waals surface area contributed by atoms with Gasteiger partial charge in [0.2, 0.25) is 0 Å². The number of carbonyl (C=O) groups is 1. The molecule has 259 valence electrons. The number of pyridine rings is 1. The van der Waals surface area contributed by atoms with Crippen LogP contribution in [0.15, 0.2) is 66.6 Å². The summed E-state index contributed by atoms with van der Waals surface area (Å²) in [6.45, 7) is 24.5. The average molecular weight is 857 g/mol. The molecular formula is C42H54IrNO2SSi-. The second-order valence-corrected chi connectivity index (χ2v) is 21.0. The Morgan fingerprint density at radius 2 is 1.50 bits per heavy atom. The summed E-state index contributed by atoms with van der Waals surface area (Å²) < 4.78 is 2.68. The number of ketones is 1. The fourth-order valence-electron chi connectivity index (χ4n) is 6.66. The van der Waals surface area contributed by atoms with Crippen LogP contribution in [-0.2, 0) is 30.3 Å². The second kappa shape index (κ2) is 16.4. The van der Waals surface area contributed by atoms with Crippen LogP contribution in [0.3, 0.4) is 0 Å². The summed E-state index contributed by atoms with van der Waals surface area (Å²) in [6.07, 6.45) is 6.87. The summed E-state index contributed by atoms with van der Waals surface area (Å²) in [5.41, 5.74) is 4.98. The molecule has 48 heavy (non-hydrogen) atoms. The van der Waals surface area contributed by atoms with Crippen molar-refractivity contribution in [3.05, 3.63) is 83.8 Å². The van der Waals surface area contributed by atoms with Gasteiger partial charge < -0.3 is 5.11 Å². The Morgan fingerprint density at radius 3 is 2.08 bits per heavy atom. The van der Waals surface area contributed by atoms with Crippen molar-refractivity contribution in [3.63, 3.8) is 0 Å². The number of carbonyl (C=O) groups excluding carboxylic acids is 1. The van der Waals surface area contributed by atoms with Crippen LogP contribution in [0.2, 0.25) is 19.6 Å². The Morgan fingerprint density at radius 1 is 0.896 bits per heavy atom. The fourth-order valence-corrected chi connectivity index (χ4v) is 9.89. The number of aromatic nitrogens is 1. The molecular weight excluding hydrogens is 803 g/mol. The zero-order valence-corrected chi connectivity index (χ0v) is 35.0. The van der Waals surface area contributed by atoms with Crippen LogP contribution in [0.5, 0.6) is 0 Å². The van der Waals surface area contributed by atoms with E-state index in [0.717, 1.165) is 42.3 Å². The van der Waals surface area contributed by atoms with Crippen molar-refractivity contribution in [2.75, 3.05) is 0 Å². The van der Waals surface area contributed by atoms with Crippen LogP contribution in [-0.4, -0.2) is 23.9 Å². The summed E-state index contributed by atoms with van der Waals surface area (Å²) in [4.78, 5) is 16.6. The van der Waals surface area contributed by atoms with Gasteiger partial charge in [0.15, 0.2) is 5.78 Å². The molecule has 0 amide bonds. The van der Waals surface area contributed by atoms with E-state index in [-0.39, 0.29) is 48.9 Å². The van der Waals surface area contributed by atoms with E-state index in [4.69, 9.17) is 4.98 Å². The third-order valence-corrected chi connectivity index (χ3v) is 13.0. The van der Waals surface area contributed by atoms with Gasteiger partial charge in [0.25, 0.3) is 0 Å². The van der Waals surface area contributed by atoms with Crippen molar-refractivity contribution in [2.24, 2.45) is 11.8 Å². The number of thiophene rings is 1. The molecule has 0 aliphatic heterocycles. The van der Waals surface area contributed by atoms with E-state index >= 15 is 0 Å². The second-order valence-electron chi connectivity index (χ2n) is 14.9. The van der Waals surface area contributed by atoms with E-state index in [1.165, 1.54) is 42.8 Å². The van der Waals surface area contributed by atoms with Gasteiger partial charge in [0, 0.05) is 64.7 Å². The van der Waals surface area contributed by atoms with Crippen LogP contribution >= 0.6 is 11.3 Å². The standard InChI is InChI=1S/C29H30NSSi.C13H24O2.Ir/c1-18-25(32(5,6)7)13-12-22-23-14-15-30-26(28(23)31-27(18)22)20-16-19-10-8-9-11-21(19)24(17-20)29(2,3)4;1-5-10(6-2)12(14)9-13(15)11(7-3)8-4;/h8-15,17H,1-7H3;9-11,14H,5-8H2,1-4H3;/q-1;;/b;12-9-;. The maximum absolute atomic E-state index is 11.7. The van der Waals surface area contributed by atoms with E-state index < -0.39 is 8.07 Å². The van der Waals surface area contributed by atoms with E-state index in [1.807, 2.05) is 45.2 Å². The van der Waals surface area contributed by atoms with Crippen LogP contribution in [0.4, 0.5) is 0 Å². The predicted octanol–water partition coefficient (Wildman–Crippen LogP) is 12.1. The molecule has 0 aliphatic carbocycles. The maximum atomic E-state index is 11.7. The molecule has 0 atom stereocenters. The number of aliphatic hydroxyl groups excluding tert-OH is 1. The van der Waals surface area contributed by atoms with Gasteiger partial charge in [0.05, 0.1) is 13.8 Å². The largest absolute Gasteiger partial charge is 0.512 e. The monoisotopic (exact) mass is 857 g/mol. The molecule has 3 nitrogen and oxygen atoms in total. The molecule has 0 spiro atoms. The third kappa shape index (κ3) is 8.56. The van der Waals surface area contributed by atoms with Crippen molar-refractivity contribution in [1.82, 2.24) is 4.98 Å². The van der Waals surface area contributed by atoms with Crippen molar-refractivity contribution in [1.29, 1.82) is 0 Å². The first-order valence-corrected chi connectivity index (χ1v) is 21.7. The first kappa shape index (κ1) is 39.8. The molecule has 0 aliphatic rings. The van der Waals surface area contributed by atoms with Gasteiger partial charge >= 0.3 is 0 Å². The van der Waals surface area contributed by atoms with Crippen LogP contribution in [0.25, 0.3) is 42.2 Å². The van der Waals surface area contributed by atoms with Crippen LogP contribution < -0.4 is 5.19 Å². The van der Waals surface area contributed by atoms with Gasteiger partial charge in [-0.05, 0) is 55.0 Å². The minimum atomic E-state index is -1.40. The number of aliphatic hydroxyl groups is 1. The minimum Gasteiger partial charge on any atom is -0.512 e. The Bertz CT molecular complexity index is 1900. The molecule has 1 N–H and O–H groups in total. The van der Waals surface area contributed by atoms with Crippen molar-refractivity contribution >= 4 is 61.3 Å². The Balaban J connectivity index is 0.000000334. The number of benzene rings is 3. The number of hydrogen-bond donors (Lipinski definition) is 1. The molecule has 3 aromatic carbocycles. The maximum Gasteiger partial charge on any atom is 0.162 e. The Hall–Kier alpha value is -2.63. The van der Waals surface area contributed by atoms with E-state index in [2.05, 4.69) is 102 Å². The molecule has 6 heteroatoms. The minimum absolute atomic E-state index is 0. The Labute approximate surface area is 307 Å². The smallest absolute Gasteiger partial charge is 0.162 e. The number of hydrogen-bond acceptors (Lipinski definition) is 4. The normalized spacial score (nSPS) is 12.5. The van der Waals surface area contributed by atoms with Crippen LogP contribution in [0, 0.1) is 24.8 Å². The Kier molecular flexibility index (Phi) is 13.6.